The Morgan fingerprint density at radius 2 is 2.05 bits per heavy atom. The van der Waals surface area contributed by atoms with Gasteiger partial charge in [-0.25, -0.2) is 0 Å². The van der Waals surface area contributed by atoms with Gasteiger partial charge in [0.25, 0.3) is 0 Å². The van der Waals surface area contributed by atoms with E-state index in [1.807, 2.05) is 6.20 Å². The van der Waals surface area contributed by atoms with Gasteiger partial charge in [-0.05, 0) is 66.5 Å². The maximum absolute atomic E-state index is 8.03. The molecule has 0 radical (unpaired) electrons. The summed E-state index contributed by atoms with van der Waals surface area (Å²) in [6, 6.07) is 1.75. The SMILES string of the molecule is N=C(Br)n1cc(C2CC2)c(OCC2CCNCC2)cc1=N. The van der Waals surface area contributed by atoms with E-state index in [4.69, 9.17) is 15.6 Å². The van der Waals surface area contributed by atoms with Gasteiger partial charge < -0.3 is 10.1 Å². The first-order valence-electron chi connectivity index (χ1n) is 7.54. The first-order chi connectivity index (χ1) is 10.1. The summed E-state index contributed by atoms with van der Waals surface area (Å²) >= 11 is 3.14. The van der Waals surface area contributed by atoms with Gasteiger partial charge >= 0.3 is 0 Å². The van der Waals surface area contributed by atoms with Gasteiger partial charge in [0, 0.05) is 17.8 Å². The lowest BCUT2D eigenvalue weighted by Gasteiger charge is -2.23. The summed E-state index contributed by atoms with van der Waals surface area (Å²) in [4.78, 5) is 0. The minimum Gasteiger partial charge on any atom is -0.493 e. The summed E-state index contributed by atoms with van der Waals surface area (Å²) in [5.74, 6) is 1.98. The van der Waals surface area contributed by atoms with E-state index in [1.54, 1.807) is 10.6 Å². The number of hydrogen-bond donors (Lipinski definition) is 3. The van der Waals surface area contributed by atoms with Crippen molar-refractivity contribution in [2.45, 2.75) is 31.6 Å². The van der Waals surface area contributed by atoms with Gasteiger partial charge in [-0.1, -0.05) is 0 Å². The van der Waals surface area contributed by atoms with Gasteiger partial charge in [-0.3, -0.25) is 15.4 Å². The number of nitrogens with zero attached hydrogens (tertiary/aromatic N) is 1. The smallest absolute Gasteiger partial charge is 0.175 e. The van der Waals surface area contributed by atoms with Crippen molar-refractivity contribution >= 4 is 20.7 Å². The predicted molar refractivity (Wildman–Crippen MR) is 85.4 cm³/mol. The summed E-state index contributed by atoms with van der Waals surface area (Å²) < 4.78 is 7.79. The molecule has 1 saturated heterocycles. The molecule has 3 rings (SSSR count). The van der Waals surface area contributed by atoms with E-state index in [-0.39, 0.29) is 10.2 Å². The van der Waals surface area contributed by atoms with Gasteiger partial charge in [-0.15, -0.1) is 0 Å². The minimum atomic E-state index is 0.194. The van der Waals surface area contributed by atoms with Gasteiger partial charge in [0.15, 0.2) is 4.74 Å². The Hall–Kier alpha value is -1.14. The molecule has 1 saturated carbocycles. The highest BCUT2D eigenvalue weighted by molar-refractivity contribution is 9.18. The van der Waals surface area contributed by atoms with E-state index in [2.05, 4.69) is 21.2 Å². The summed E-state index contributed by atoms with van der Waals surface area (Å²) in [6.07, 6.45) is 6.55. The monoisotopic (exact) mass is 352 g/mol. The first kappa shape index (κ1) is 14.8. The average molecular weight is 353 g/mol. The molecule has 114 valence electrons. The predicted octanol–water partition coefficient (Wildman–Crippen LogP) is 2.40. The van der Waals surface area contributed by atoms with E-state index in [0.717, 1.165) is 43.9 Å². The van der Waals surface area contributed by atoms with Crippen LogP contribution in [0.15, 0.2) is 12.3 Å². The number of nitrogens with one attached hydrogen (secondary N) is 3. The van der Waals surface area contributed by atoms with Crippen LogP contribution >= 0.6 is 15.9 Å². The Balaban J connectivity index is 1.78. The van der Waals surface area contributed by atoms with Crippen molar-refractivity contribution in [2.75, 3.05) is 19.7 Å². The number of pyridine rings is 1. The molecule has 0 spiro atoms. The van der Waals surface area contributed by atoms with Gasteiger partial charge in [0.05, 0.1) is 6.61 Å². The summed E-state index contributed by atoms with van der Waals surface area (Å²) in [5, 5.41) is 19.1. The standard InChI is InChI=1S/C15H21BrN4O/c16-15(18)20-8-12(11-1-2-11)13(7-14(20)17)21-9-10-3-5-19-6-4-10/h7-8,10-11,17-19H,1-6,9H2. The molecule has 2 heterocycles. The van der Waals surface area contributed by atoms with Crippen LogP contribution in [0, 0.1) is 16.7 Å². The molecular formula is C15H21BrN4O. The Labute approximate surface area is 132 Å². The average Bonchev–Trinajstić information content (AvgIpc) is 3.30. The molecule has 1 aliphatic carbocycles. The topological polar surface area (TPSA) is 73.9 Å². The fourth-order valence-electron chi connectivity index (χ4n) is 2.79. The van der Waals surface area contributed by atoms with Crippen LogP contribution in [0.2, 0.25) is 0 Å². The molecule has 2 fully saturated rings. The van der Waals surface area contributed by atoms with Crippen LogP contribution in [-0.4, -0.2) is 29.0 Å². The number of ether oxygens (including phenoxy) is 1. The van der Waals surface area contributed by atoms with Crippen molar-refractivity contribution in [1.29, 1.82) is 10.8 Å². The van der Waals surface area contributed by atoms with Crippen molar-refractivity contribution in [3.63, 3.8) is 0 Å². The molecule has 0 bridgehead atoms. The van der Waals surface area contributed by atoms with E-state index < -0.39 is 0 Å². The van der Waals surface area contributed by atoms with Crippen molar-refractivity contribution < 1.29 is 4.74 Å². The quantitative estimate of drug-likeness (QED) is 0.574. The molecule has 1 aromatic rings. The summed E-state index contributed by atoms with van der Waals surface area (Å²) in [7, 11) is 0. The second-order valence-corrected chi connectivity index (χ2v) is 6.67. The molecule has 5 nitrogen and oxygen atoms in total. The number of halogens is 1. The van der Waals surface area contributed by atoms with Crippen LogP contribution in [-0.2, 0) is 0 Å². The number of rotatable bonds is 4. The second kappa shape index (κ2) is 6.32. The van der Waals surface area contributed by atoms with E-state index in [1.165, 1.54) is 12.8 Å². The molecule has 0 aromatic carbocycles. The van der Waals surface area contributed by atoms with E-state index in [9.17, 15) is 0 Å². The van der Waals surface area contributed by atoms with Gasteiger partial charge in [0.2, 0.25) is 0 Å². The molecule has 3 N–H and O–H groups in total. The third kappa shape index (κ3) is 3.55. The Morgan fingerprint density at radius 1 is 1.33 bits per heavy atom. The molecule has 1 aliphatic heterocycles. The largest absolute Gasteiger partial charge is 0.493 e. The number of aromatic nitrogens is 1. The molecule has 21 heavy (non-hydrogen) atoms. The molecule has 2 aliphatic rings. The van der Waals surface area contributed by atoms with Crippen LogP contribution in [0.5, 0.6) is 5.75 Å². The Morgan fingerprint density at radius 3 is 2.67 bits per heavy atom. The molecule has 1 aromatic heterocycles. The van der Waals surface area contributed by atoms with Gasteiger partial charge in [-0.2, -0.15) is 0 Å². The molecule has 0 amide bonds. The van der Waals surface area contributed by atoms with Crippen molar-refractivity contribution in [3.8, 4) is 5.75 Å². The maximum Gasteiger partial charge on any atom is 0.175 e. The molecule has 0 atom stereocenters. The zero-order valence-corrected chi connectivity index (χ0v) is 13.6. The zero-order valence-electron chi connectivity index (χ0n) is 12.0. The molecule has 6 heteroatoms. The van der Waals surface area contributed by atoms with Crippen LogP contribution in [0.3, 0.4) is 0 Å². The van der Waals surface area contributed by atoms with Crippen molar-refractivity contribution in [2.24, 2.45) is 5.92 Å². The third-order valence-corrected chi connectivity index (χ3v) is 4.62. The Kier molecular flexibility index (Phi) is 4.45. The normalized spacial score (nSPS) is 19.5. The first-order valence-corrected chi connectivity index (χ1v) is 8.33. The highest BCUT2D eigenvalue weighted by atomic mass is 79.9. The van der Waals surface area contributed by atoms with Crippen LogP contribution < -0.4 is 15.5 Å². The summed E-state index contributed by atoms with van der Waals surface area (Å²) in [5.41, 5.74) is 1.42. The molecule has 0 unspecified atom stereocenters. The van der Waals surface area contributed by atoms with E-state index >= 15 is 0 Å². The van der Waals surface area contributed by atoms with Crippen LogP contribution in [0.4, 0.5) is 0 Å². The van der Waals surface area contributed by atoms with Crippen LogP contribution in [0.1, 0.15) is 37.2 Å². The van der Waals surface area contributed by atoms with Gasteiger partial charge in [0.1, 0.15) is 11.2 Å². The highest BCUT2D eigenvalue weighted by Crippen LogP contribution is 2.43. The second-order valence-electron chi connectivity index (χ2n) is 5.92. The van der Waals surface area contributed by atoms with Crippen molar-refractivity contribution in [1.82, 2.24) is 9.88 Å². The fourth-order valence-corrected chi connectivity index (χ4v) is 3.09. The fraction of sp³-hybridized carbons (Fsp3) is 0.600. The number of hydrogen-bond acceptors (Lipinski definition) is 4. The lowest BCUT2D eigenvalue weighted by molar-refractivity contribution is 0.213. The minimum absolute atomic E-state index is 0.194. The Bertz CT molecular complexity index is 588. The van der Waals surface area contributed by atoms with Crippen LogP contribution in [0.25, 0.3) is 0 Å². The lowest BCUT2D eigenvalue weighted by atomic mass is 9.99. The zero-order chi connectivity index (χ0) is 14.8. The maximum atomic E-state index is 8.03. The molecular weight excluding hydrogens is 332 g/mol. The summed E-state index contributed by atoms with van der Waals surface area (Å²) in [6.45, 7) is 2.88. The lowest BCUT2D eigenvalue weighted by Crippen LogP contribution is -2.31. The number of piperidine rings is 1. The van der Waals surface area contributed by atoms with E-state index in [0.29, 0.717) is 11.8 Å². The third-order valence-electron chi connectivity index (χ3n) is 4.24. The highest BCUT2D eigenvalue weighted by Gasteiger charge is 2.28. The van der Waals surface area contributed by atoms with Crippen molar-refractivity contribution in [3.05, 3.63) is 23.3 Å².